The molecule has 0 spiro atoms. The SMILES string of the molecule is CC(=O)[O-].CN1C=CC2=C(C1)C1C(C=C2)[NH2+]C2C=CC(O)=CC21. The van der Waals surface area contributed by atoms with Crippen molar-refractivity contribution in [1.29, 1.82) is 0 Å². The highest BCUT2D eigenvalue weighted by molar-refractivity contribution is 5.60. The molecule has 5 heteroatoms. The van der Waals surface area contributed by atoms with E-state index in [-0.39, 0.29) is 0 Å². The van der Waals surface area contributed by atoms with Crippen LogP contribution in [0, 0.1) is 11.8 Å². The first-order chi connectivity index (χ1) is 11.0. The number of nitrogens with zero attached hydrogens (tertiary/aromatic N) is 1. The summed E-state index contributed by atoms with van der Waals surface area (Å²) >= 11 is 0. The van der Waals surface area contributed by atoms with Gasteiger partial charge in [0, 0.05) is 25.5 Å². The van der Waals surface area contributed by atoms with Gasteiger partial charge in [-0.3, -0.25) is 0 Å². The molecular weight excluding hydrogens is 292 g/mol. The number of allylic oxidation sites excluding steroid dienone is 4. The number of aliphatic hydroxyl groups is 1. The summed E-state index contributed by atoms with van der Waals surface area (Å²) in [6.45, 7) is 1.98. The van der Waals surface area contributed by atoms with Crippen LogP contribution in [-0.2, 0) is 4.79 Å². The number of rotatable bonds is 0. The Bertz CT molecular complexity index is 653. The fourth-order valence-corrected chi connectivity index (χ4v) is 3.92. The summed E-state index contributed by atoms with van der Waals surface area (Å²) < 4.78 is 0. The van der Waals surface area contributed by atoms with E-state index in [9.17, 15) is 5.11 Å². The van der Waals surface area contributed by atoms with Crippen LogP contribution in [0.2, 0.25) is 0 Å². The predicted molar refractivity (Wildman–Crippen MR) is 85.0 cm³/mol. The Labute approximate surface area is 136 Å². The molecule has 122 valence electrons. The molecule has 4 rings (SSSR count). The molecule has 0 amide bonds. The van der Waals surface area contributed by atoms with Crippen molar-refractivity contribution in [3.8, 4) is 0 Å². The number of carbonyl (C=O) groups excluding carboxylic acids is 1. The second-order valence-electron chi connectivity index (χ2n) is 6.46. The average molecular weight is 314 g/mol. The van der Waals surface area contributed by atoms with E-state index in [2.05, 4.69) is 47.8 Å². The van der Waals surface area contributed by atoms with Gasteiger partial charge in [-0.15, -0.1) is 0 Å². The number of aliphatic carboxylic acids is 1. The first-order valence-electron chi connectivity index (χ1n) is 7.87. The van der Waals surface area contributed by atoms with Crippen molar-refractivity contribution in [3.63, 3.8) is 0 Å². The van der Waals surface area contributed by atoms with Gasteiger partial charge >= 0.3 is 0 Å². The Morgan fingerprint density at radius 3 is 2.74 bits per heavy atom. The molecule has 0 bridgehead atoms. The fraction of sp³-hybridized carbons (Fsp3) is 0.389. The zero-order chi connectivity index (χ0) is 16.6. The minimum Gasteiger partial charge on any atom is -0.550 e. The van der Waals surface area contributed by atoms with Gasteiger partial charge in [0.2, 0.25) is 0 Å². The van der Waals surface area contributed by atoms with Gasteiger partial charge in [0.05, 0.1) is 5.92 Å². The number of aliphatic hydroxyl groups excluding tert-OH is 1. The Hall–Kier alpha value is -2.27. The highest BCUT2D eigenvalue weighted by Crippen LogP contribution is 2.39. The van der Waals surface area contributed by atoms with Crippen LogP contribution in [0.5, 0.6) is 0 Å². The van der Waals surface area contributed by atoms with E-state index in [0.717, 1.165) is 13.5 Å². The summed E-state index contributed by atoms with van der Waals surface area (Å²) in [4.78, 5) is 11.1. The van der Waals surface area contributed by atoms with Gasteiger partial charge in [-0.1, -0.05) is 6.08 Å². The zero-order valence-corrected chi connectivity index (χ0v) is 13.3. The second kappa shape index (κ2) is 6.08. The van der Waals surface area contributed by atoms with Gasteiger partial charge < -0.3 is 25.2 Å². The lowest BCUT2D eigenvalue weighted by atomic mass is 9.75. The van der Waals surface area contributed by atoms with Crippen LogP contribution in [0.4, 0.5) is 0 Å². The lowest BCUT2D eigenvalue weighted by Gasteiger charge is -2.32. The number of carboxylic acids is 1. The van der Waals surface area contributed by atoms with Crippen LogP contribution in [0.3, 0.4) is 0 Å². The normalized spacial score (nSPS) is 33.3. The maximum atomic E-state index is 9.80. The molecule has 1 saturated heterocycles. The molecule has 4 atom stereocenters. The molecule has 4 aliphatic rings. The molecule has 4 unspecified atom stereocenters. The second-order valence-corrected chi connectivity index (χ2v) is 6.46. The van der Waals surface area contributed by atoms with Crippen molar-refractivity contribution in [2.24, 2.45) is 11.8 Å². The summed E-state index contributed by atoms with van der Waals surface area (Å²) in [5.41, 5.74) is 2.90. The third-order valence-electron chi connectivity index (χ3n) is 4.77. The van der Waals surface area contributed by atoms with Crippen molar-refractivity contribution < 1.29 is 20.3 Å². The van der Waals surface area contributed by atoms with E-state index in [1.54, 1.807) is 0 Å². The van der Waals surface area contributed by atoms with Crippen molar-refractivity contribution >= 4 is 5.97 Å². The molecule has 1 fully saturated rings. The molecule has 0 saturated carbocycles. The van der Waals surface area contributed by atoms with Crippen molar-refractivity contribution in [1.82, 2.24) is 4.90 Å². The number of fused-ring (bicyclic) bond motifs is 4. The number of likely N-dealkylation sites (N-methyl/N-ethyl adjacent to an activating group) is 1. The highest BCUT2D eigenvalue weighted by atomic mass is 16.4. The zero-order valence-electron chi connectivity index (χ0n) is 13.3. The molecule has 3 N–H and O–H groups in total. The first kappa shape index (κ1) is 15.6. The van der Waals surface area contributed by atoms with Gasteiger partial charge in [-0.05, 0) is 54.7 Å². The fourth-order valence-electron chi connectivity index (χ4n) is 3.92. The third-order valence-corrected chi connectivity index (χ3v) is 4.77. The molecule has 5 nitrogen and oxygen atoms in total. The van der Waals surface area contributed by atoms with Crippen LogP contribution in [-0.4, -0.2) is 41.7 Å². The molecule has 2 heterocycles. The van der Waals surface area contributed by atoms with E-state index < -0.39 is 5.97 Å². The molecule has 2 aliphatic carbocycles. The van der Waals surface area contributed by atoms with E-state index in [1.165, 1.54) is 11.1 Å². The van der Waals surface area contributed by atoms with Gasteiger partial charge in [-0.25, -0.2) is 0 Å². The number of nitrogens with two attached hydrogens (primary N) is 1. The lowest BCUT2D eigenvalue weighted by Crippen LogP contribution is -2.91. The van der Waals surface area contributed by atoms with Gasteiger partial charge in [-0.2, -0.15) is 0 Å². The van der Waals surface area contributed by atoms with Gasteiger partial charge in [0.1, 0.15) is 17.8 Å². The number of hydrogen-bond donors (Lipinski definition) is 2. The minimum atomic E-state index is -1.08. The maximum Gasteiger partial charge on any atom is 0.113 e. The standard InChI is InChI=1S/C16H18N2O.C2H4O2/c1-18-7-6-10-2-4-15-16(13(10)9-18)12-8-11(19)3-5-14(12)17-15;1-2(3)4/h2-8,12,14-17,19H,9H2,1H3;1H3,(H,3,4). The Morgan fingerprint density at radius 2 is 2.00 bits per heavy atom. The molecule has 2 aliphatic heterocycles. The molecular formula is C18H22N2O3. The number of quaternary nitrogens is 1. The maximum absolute atomic E-state index is 9.80. The third kappa shape index (κ3) is 3.10. The molecule has 0 radical (unpaired) electrons. The Morgan fingerprint density at radius 1 is 1.30 bits per heavy atom. The van der Waals surface area contributed by atoms with Crippen molar-refractivity contribution in [2.45, 2.75) is 19.0 Å². The summed E-state index contributed by atoms with van der Waals surface area (Å²) in [6, 6.07) is 0.985. The van der Waals surface area contributed by atoms with Gasteiger partial charge in [0.25, 0.3) is 0 Å². The number of carboxylic acid groups (broad SMARTS) is 1. The van der Waals surface area contributed by atoms with Crippen LogP contribution in [0.15, 0.2) is 59.6 Å². The number of hydrogen-bond acceptors (Lipinski definition) is 4. The van der Waals surface area contributed by atoms with Crippen LogP contribution >= 0.6 is 0 Å². The summed E-state index contributed by atoms with van der Waals surface area (Å²) in [5, 5.41) is 21.1. The minimum absolute atomic E-state index is 0.421. The van der Waals surface area contributed by atoms with E-state index in [0.29, 0.717) is 29.7 Å². The van der Waals surface area contributed by atoms with Crippen LogP contribution in [0.25, 0.3) is 0 Å². The van der Waals surface area contributed by atoms with Crippen LogP contribution in [0.1, 0.15) is 6.92 Å². The molecule has 0 aromatic heterocycles. The van der Waals surface area contributed by atoms with Crippen molar-refractivity contribution in [2.75, 3.05) is 13.6 Å². The topological polar surface area (TPSA) is 80.2 Å². The Kier molecular flexibility index (Phi) is 4.13. The summed E-state index contributed by atoms with van der Waals surface area (Å²) in [5.74, 6) is 0.279. The average Bonchev–Trinajstić information content (AvgIpc) is 2.84. The van der Waals surface area contributed by atoms with E-state index >= 15 is 0 Å². The monoisotopic (exact) mass is 314 g/mol. The van der Waals surface area contributed by atoms with Gasteiger partial charge in [0.15, 0.2) is 0 Å². The lowest BCUT2D eigenvalue weighted by molar-refractivity contribution is -0.686. The first-order valence-corrected chi connectivity index (χ1v) is 7.87. The van der Waals surface area contributed by atoms with E-state index in [4.69, 9.17) is 9.90 Å². The summed E-state index contributed by atoms with van der Waals surface area (Å²) in [6.07, 6.45) is 15.0. The van der Waals surface area contributed by atoms with Crippen molar-refractivity contribution in [3.05, 3.63) is 59.6 Å². The highest BCUT2D eigenvalue weighted by Gasteiger charge is 2.48. The summed E-state index contributed by atoms with van der Waals surface area (Å²) in [7, 11) is 2.12. The van der Waals surface area contributed by atoms with Crippen LogP contribution < -0.4 is 10.4 Å². The molecule has 23 heavy (non-hydrogen) atoms. The molecule has 0 aromatic rings. The number of carbonyl (C=O) groups is 1. The quantitative estimate of drug-likeness (QED) is 0.639. The predicted octanol–water partition coefficient (Wildman–Crippen LogP) is -0.374. The largest absolute Gasteiger partial charge is 0.550 e. The smallest absolute Gasteiger partial charge is 0.113 e. The van der Waals surface area contributed by atoms with E-state index in [1.807, 2.05) is 12.2 Å². The molecule has 0 aromatic carbocycles. The Balaban J connectivity index is 0.000000354.